The molecule has 0 radical (unpaired) electrons. The number of para-hydroxylation sites is 1. The van der Waals surface area contributed by atoms with Crippen LogP contribution in [0.4, 0.5) is 5.69 Å². The van der Waals surface area contributed by atoms with E-state index in [0.29, 0.717) is 5.69 Å². The zero-order chi connectivity index (χ0) is 15.2. The van der Waals surface area contributed by atoms with Crippen LogP contribution in [0.3, 0.4) is 0 Å². The van der Waals surface area contributed by atoms with E-state index >= 15 is 0 Å². The number of esters is 2. The molecule has 0 atom stereocenters. The summed E-state index contributed by atoms with van der Waals surface area (Å²) in [6.45, 7) is 3.90. The topological polar surface area (TPSA) is 72.6 Å². The molecule has 1 aliphatic heterocycles. The molecule has 5 heteroatoms. The van der Waals surface area contributed by atoms with Crippen molar-refractivity contribution in [3.63, 3.8) is 0 Å². The molecule has 0 saturated carbocycles. The number of nitrogens with zero attached hydrogens (tertiary/aromatic N) is 1. The fraction of sp³-hybridized carbons (Fsp3) is 0.500. The first-order chi connectivity index (χ1) is 10.1. The maximum absolute atomic E-state index is 12.0. The Bertz CT molecular complexity index is 522. The van der Waals surface area contributed by atoms with Crippen LogP contribution in [-0.2, 0) is 16.0 Å². The number of ether oxygens (including phenoxy) is 1. The summed E-state index contributed by atoms with van der Waals surface area (Å²) in [5, 5.41) is 0. The van der Waals surface area contributed by atoms with Crippen molar-refractivity contribution >= 4 is 17.6 Å². The summed E-state index contributed by atoms with van der Waals surface area (Å²) in [6, 6.07) is 5.20. The molecule has 1 heterocycles. The molecule has 1 aromatic rings. The van der Waals surface area contributed by atoms with Crippen LogP contribution in [0.1, 0.15) is 42.1 Å². The van der Waals surface area contributed by atoms with Crippen molar-refractivity contribution in [2.45, 2.75) is 32.6 Å². The highest BCUT2D eigenvalue weighted by Gasteiger charge is 2.20. The molecule has 0 bridgehead atoms. The number of anilines is 1. The predicted molar refractivity (Wildman–Crippen MR) is 80.9 cm³/mol. The highest BCUT2D eigenvalue weighted by molar-refractivity contribution is 6.01. The lowest BCUT2D eigenvalue weighted by atomic mass is 10.1. The van der Waals surface area contributed by atoms with Crippen molar-refractivity contribution in [2.75, 3.05) is 25.4 Å². The molecule has 21 heavy (non-hydrogen) atoms. The molecule has 114 valence electrons. The molecule has 2 rings (SSSR count). The third kappa shape index (κ3) is 4.04. The van der Waals surface area contributed by atoms with E-state index in [1.165, 1.54) is 6.42 Å². The van der Waals surface area contributed by atoms with E-state index in [2.05, 4.69) is 0 Å². The number of benzene rings is 1. The molecule has 0 amide bonds. The van der Waals surface area contributed by atoms with E-state index in [1.807, 2.05) is 17.9 Å². The molecule has 1 aliphatic rings. The number of aryl methyl sites for hydroxylation is 1. The highest BCUT2D eigenvalue weighted by atomic mass is 16.6. The lowest BCUT2D eigenvalue weighted by Crippen LogP contribution is -2.36. The van der Waals surface area contributed by atoms with E-state index in [0.717, 1.165) is 37.9 Å². The number of piperidine rings is 1. The molecule has 0 unspecified atom stereocenters. The monoisotopic (exact) mass is 290 g/mol. The van der Waals surface area contributed by atoms with Crippen LogP contribution >= 0.6 is 0 Å². The van der Waals surface area contributed by atoms with Crippen molar-refractivity contribution in [3.8, 4) is 0 Å². The Balaban J connectivity index is 1.96. The molecule has 0 aliphatic carbocycles. The molecule has 0 spiro atoms. The second-order valence-electron chi connectivity index (χ2n) is 5.33. The van der Waals surface area contributed by atoms with Gasteiger partial charge in [-0.3, -0.25) is 9.69 Å². The van der Waals surface area contributed by atoms with Gasteiger partial charge in [0.1, 0.15) is 0 Å². The van der Waals surface area contributed by atoms with Gasteiger partial charge in [-0.1, -0.05) is 25.5 Å². The SMILES string of the molecule is CCc1cccc(C(=O)OC(=O)CN2CCCCC2)c1N. The number of carbonyl (C=O) groups excluding carboxylic acids is 2. The van der Waals surface area contributed by atoms with Crippen LogP contribution < -0.4 is 5.73 Å². The third-order valence-corrected chi connectivity index (χ3v) is 3.81. The van der Waals surface area contributed by atoms with Crippen molar-refractivity contribution in [1.82, 2.24) is 4.90 Å². The minimum absolute atomic E-state index is 0.166. The summed E-state index contributed by atoms with van der Waals surface area (Å²) in [5.74, 6) is -1.17. The lowest BCUT2D eigenvalue weighted by Gasteiger charge is -2.24. The standard InChI is InChI=1S/C16H22N2O3/c1-2-12-7-6-8-13(15(12)17)16(20)21-14(19)11-18-9-4-3-5-10-18/h6-8H,2-5,9-11,17H2,1H3. The predicted octanol–water partition coefficient (Wildman–Crippen LogP) is 2.00. The van der Waals surface area contributed by atoms with Gasteiger partial charge in [0.15, 0.2) is 0 Å². The molecule has 5 nitrogen and oxygen atoms in total. The van der Waals surface area contributed by atoms with Gasteiger partial charge in [0.25, 0.3) is 0 Å². The van der Waals surface area contributed by atoms with E-state index < -0.39 is 11.9 Å². The van der Waals surface area contributed by atoms with Gasteiger partial charge in [0, 0.05) is 5.69 Å². The van der Waals surface area contributed by atoms with Crippen LogP contribution in [0, 0.1) is 0 Å². The van der Waals surface area contributed by atoms with Gasteiger partial charge < -0.3 is 10.5 Å². The van der Waals surface area contributed by atoms with Crippen molar-refractivity contribution in [2.24, 2.45) is 0 Å². The number of nitrogens with two attached hydrogens (primary N) is 1. The number of hydrogen-bond acceptors (Lipinski definition) is 5. The summed E-state index contributed by atoms with van der Waals surface area (Å²) >= 11 is 0. The smallest absolute Gasteiger partial charge is 0.347 e. The Labute approximate surface area is 125 Å². The lowest BCUT2D eigenvalue weighted by molar-refractivity contribution is -0.139. The Morgan fingerprint density at radius 3 is 2.62 bits per heavy atom. The second kappa shape index (κ2) is 7.22. The summed E-state index contributed by atoms with van der Waals surface area (Å²) in [5.41, 5.74) is 7.48. The van der Waals surface area contributed by atoms with Gasteiger partial charge in [-0.05, 0) is 44.0 Å². The van der Waals surface area contributed by atoms with Gasteiger partial charge in [0.2, 0.25) is 0 Å². The zero-order valence-corrected chi connectivity index (χ0v) is 12.4. The van der Waals surface area contributed by atoms with Gasteiger partial charge in [-0.25, -0.2) is 4.79 Å². The Morgan fingerprint density at radius 2 is 1.95 bits per heavy atom. The number of likely N-dealkylation sites (tertiary alicyclic amines) is 1. The van der Waals surface area contributed by atoms with E-state index in [1.54, 1.807) is 12.1 Å². The number of nitrogen functional groups attached to an aromatic ring is 1. The minimum Gasteiger partial charge on any atom is -0.398 e. The van der Waals surface area contributed by atoms with Crippen molar-refractivity contribution in [3.05, 3.63) is 29.3 Å². The van der Waals surface area contributed by atoms with Crippen LogP contribution in [0.2, 0.25) is 0 Å². The quantitative estimate of drug-likeness (QED) is 0.521. The van der Waals surface area contributed by atoms with Crippen molar-refractivity contribution in [1.29, 1.82) is 0 Å². The molecule has 0 aromatic heterocycles. The average molecular weight is 290 g/mol. The van der Waals surface area contributed by atoms with E-state index in [9.17, 15) is 9.59 Å². The number of rotatable bonds is 4. The molecule has 1 saturated heterocycles. The molecule has 1 fully saturated rings. The Morgan fingerprint density at radius 1 is 1.24 bits per heavy atom. The molecular weight excluding hydrogens is 268 g/mol. The van der Waals surface area contributed by atoms with Gasteiger partial charge in [0.05, 0.1) is 12.1 Å². The Kier molecular flexibility index (Phi) is 5.33. The van der Waals surface area contributed by atoms with Crippen LogP contribution in [0.15, 0.2) is 18.2 Å². The van der Waals surface area contributed by atoms with Gasteiger partial charge in [-0.2, -0.15) is 0 Å². The number of hydrogen-bond donors (Lipinski definition) is 1. The van der Waals surface area contributed by atoms with Gasteiger partial charge in [-0.15, -0.1) is 0 Å². The van der Waals surface area contributed by atoms with Crippen LogP contribution in [0.25, 0.3) is 0 Å². The first kappa shape index (κ1) is 15.5. The second-order valence-corrected chi connectivity index (χ2v) is 5.33. The van der Waals surface area contributed by atoms with E-state index in [4.69, 9.17) is 10.5 Å². The van der Waals surface area contributed by atoms with Crippen LogP contribution in [0.5, 0.6) is 0 Å². The maximum atomic E-state index is 12.0. The molecule has 2 N–H and O–H groups in total. The summed E-state index contributed by atoms with van der Waals surface area (Å²) < 4.78 is 4.92. The first-order valence-corrected chi connectivity index (χ1v) is 7.46. The summed E-state index contributed by atoms with van der Waals surface area (Å²) in [6.07, 6.45) is 4.11. The minimum atomic E-state index is -0.662. The highest BCUT2D eigenvalue weighted by Crippen LogP contribution is 2.19. The van der Waals surface area contributed by atoms with E-state index in [-0.39, 0.29) is 12.1 Å². The third-order valence-electron chi connectivity index (χ3n) is 3.81. The van der Waals surface area contributed by atoms with Crippen molar-refractivity contribution < 1.29 is 14.3 Å². The van der Waals surface area contributed by atoms with Gasteiger partial charge >= 0.3 is 11.9 Å². The molecule has 1 aromatic carbocycles. The maximum Gasteiger partial charge on any atom is 0.347 e. The average Bonchev–Trinajstić information content (AvgIpc) is 2.48. The fourth-order valence-electron chi connectivity index (χ4n) is 2.59. The zero-order valence-electron chi connectivity index (χ0n) is 12.4. The summed E-state index contributed by atoms with van der Waals surface area (Å²) in [4.78, 5) is 25.9. The first-order valence-electron chi connectivity index (χ1n) is 7.46. The largest absolute Gasteiger partial charge is 0.398 e. The molecular formula is C16H22N2O3. The van der Waals surface area contributed by atoms with Crippen LogP contribution in [-0.4, -0.2) is 36.5 Å². The normalized spacial score (nSPS) is 15.7. The fourth-order valence-corrected chi connectivity index (χ4v) is 2.59. The number of carbonyl (C=O) groups is 2. The summed E-state index contributed by atoms with van der Waals surface area (Å²) in [7, 11) is 0. The Hall–Kier alpha value is -1.88.